The number of rotatable bonds is 2. The van der Waals surface area contributed by atoms with Crippen LogP contribution < -0.4 is 0 Å². The van der Waals surface area contributed by atoms with Gasteiger partial charge in [-0.2, -0.15) is 0 Å². The Hall–Kier alpha value is -1.81. The Morgan fingerprint density at radius 2 is 2.33 bits per heavy atom. The van der Waals surface area contributed by atoms with Gasteiger partial charge in [-0.05, 0) is 36.4 Å². The van der Waals surface area contributed by atoms with E-state index < -0.39 is 0 Å². The van der Waals surface area contributed by atoms with E-state index in [1.165, 1.54) is 0 Å². The van der Waals surface area contributed by atoms with E-state index in [1.807, 2.05) is 30.5 Å². The Kier molecular flexibility index (Phi) is 2.80. The number of benzene rings is 1. The zero-order valence-electron chi connectivity index (χ0n) is 10.1. The quantitative estimate of drug-likeness (QED) is 0.845. The summed E-state index contributed by atoms with van der Waals surface area (Å²) in [5.41, 5.74) is 1.66. The topological polar surface area (TPSA) is 56.3 Å². The van der Waals surface area contributed by atoms with Gasteiger partial charge in [-0.1, -0.05) is 6.07 Å². The van der Waals surface area contributed by atoms with Crippen molar-refractivity contribution in [2.24, 2.45) is 0 Å². The van der Waals surface area contributed by atoms with Gasteiger partial charge in [0.2, 0.25) is 0 Å². The van der Waals surface area contributed by atoms with Crippen LogP contribution in [0.4, 0.5) is 0 Å². The minimum absolute atomic E-state index is 0.0167. The molecule has 1 saturated heterocycles. The number of aromatic amines is 1. The highest BCUT2D eigenvalue weighted by molar-refractivity contribution is 5.98. The molecule has 0 spiro atoms. The van der Waals surface area contributed by atoms with E-state index >= 15 is 0 Å². The molecule has 1 aromatic carbocycles. The first-order chi connectivity index (χ1) is 8.79. The molecule has 0 unspecified atom stereocenters. The maximum absolute atomic E-state index is 12.4. The van der Waals surface area contributed by atoms with E-state index in [0.29, 0.717) is 5.56 Å². The molecule has 18 heavy (non-hydrogen) atoms. The van der Waals surface area contributed by atoms with E-state index in [9.17, 15) is 9.90 Å². The van der Waals surface area contributed by atoms with Crippen molar-refractivity contribution in [2.45, 2.75) is 18.9 Å². The highest BCUT2D eigenvalue weighted by atomic mass is 16.3. The SMILES string of the molecule is O=C(c1ccc2cc[nH]c2c1)N1CCC[C@@H]1CO. The van der Waals surface area contributed by atoms with Crippen molar-refractivity contribution in [3.8, 4) is 0 Å². The maximum Gasteiger partial charge on any atom is 0.254 e. The summed E-state index contributed by atoms with van der Waals surface area (Å²) < 4.78 is 0. The minimum Gasteiger partial charge on any atom is -0.394 e. The normalized spacial score (nSPS) is 19.6. The average Bonchev–Trinajstić information content (AvgIpc) is 3.05. The maximum atomic E-state index is 12.4. The standard InChI is InChI=1S/C14H16N2O2/c17-9-12-2-1-7-16(12)14(18)11-4-3-10-5-6-15-13(10)8-11/h3-6,8,12,15,17H,1-2,7,9H2/t12-/m1/s1. The molecule has 1 aliphatic heterocycles. The van der Waals surface area contributed by atoms with Gasteiger partial charge in [-0.15, -0.1) is 0 Å². The van der Waals surface area contributed by atoms with Crippen LogP contribution in [0, 0.1) is 0 Å². The number of carbonyl (C=O) groups is 1. The number of aromatic nitrogens is 1. The van der Waals surface area contributed by atoms with Crippen LogP contribution in [0.5, 0.6) is 0 Å². The summed E-state index contributed by atoms with van der Waals surface area (Å²) in [5.74, 6) is 0.0167. The van der Waals surface area contributed by atoms with E-state index in [2.05, 4.69) is 4.98 Å². The summed E-state index contributed by atoms with van der Waals surface area (Å²) in [6.07, 6.45) is 3.74. The Morgan fingerprint density at radius 3 is 3.17 bits per heavy atom. The lowest BCUT2D eigenvalue weighted by Gasteiger charge is -2.23. The lowest BCUT2D eigenvalue weighted by molar-refractivity contribution is 0.0678. The number of likely N-dealkylation sites (tertiary alicyclic amines) is 1. The molecule has 1 amide bonds. The van der Waals surface area contributed by atoms with Crippen LogP contribution in [0.2, 0.25) is 0 Å². The van der Waals surface area contributed by atoms with Crippen LogP contribution in [-0.4, -0.2) is 40.1 Å². The number of aliphatic hydroxyl groups is 1. The molecule has 0 aliphatic carbocycles. The molecule has 94 valence electrons. The number of fused-ring (bicyclic) bond motifs is 1. The molecule has 0 saturated carbocycles. The van der Waals surface area contributed by atoms with Crippen molar-refractivity contribution in [3.05, 3.63) is 36.0 Å². The Morgan fingerprint density at radius 1 is 1.44 bits per heavy atom. The molecule has 4 nitrogen and oxygen atoms in total. The van der Waals surface area contributed by atoms with Gasteiger partial charge in [-0.25, -0.2) is 0 Å². The van der Waals surface area contributed by atoms with E-state index in [4.69, 9.17) is 0 Å². The number of H-pyrrole nitrogens is 1. The van der Waals surface area contributed by atoms with Gasteiger partial charge in [0.05, 0.1) is 12.6 Å². The fourth-order valence-corrected chi connectivity index (χ4v) is 2.64. The van der Waals surface area contributed by atoms with Crippen LogP contribution >= 0.6 is 0 Å². The Bertz CT molecular complexity index is 576. The number of nitrogens with zero attached hydrogens (tertiary/aromatic N) is 1. The molecule has 0 bridgehead atoms. The van der Waals surface area contributed by atoms with Gasteiger partial charge in [0.25, 0.3) is 5.91 Å². The van der Waals surface area contributed by atoms with Crippen molar-refractivity contribution in [1.82, 2.24) is 9.88 Å². The summed E-state index contributed by atoms with van der Waals surface area (Å²) in [6.45, 7) is 0.795. The molecule has 1 fully saturated rings. The molecule has 1 aliphatic rings. The van der Waals surface area contributed by atoms with E-state index in [1.54, 1.807) is 4.90 Å². The highest BCUT2D eigenvalue weighted by Crippen LogP contribution is 2.21. The monoisotopic (exact) mass is 244 g/mol. The zero-order valence-corrected chi connectivity index (χ0v) is 10.1. The summed E-state index contributed by atoms with van der Waals surface area (Å²) in [6, 6.07) is 7.64. The van der Waals surface area contributed by atoms with Crippen molar-refractivity contribution in [3.63, 3.8) is 0 Å². The fourth-order valence-electron chi connectivity index (χ4n) is 2.64. The van der Waals surface area contributed by atoms with Gasteiger partial charge in [0.1, 0.15) is 0 Å². The van der Waals surface area contributed by atoms with Crippen LogP contribution in [0.25, 0.3) is 10.9 Å². The second kappa shape index (κ2) is 4.46. The Labute approximate surface area is 105 Å². The molecule has 4 heteroatoms. The molecular formula is C14H16N2O2. The first kappa shape index (κ1) is 11.3. The minimum atomic E-state index is -0.0168. The lowest BCUT2D eigenvalue weighted by Crippen LogP contribution is -2.37. The van der Waals surface area contributed by atoms with Crippen molar-refractivity contribution < 1.29 is 9.90 Å². The molecule has 2 N–H and O–H groups in total. The van der Waals surface area contributed by atoms with Gasteiger partial charge in [0, 0.05) is 23.8 Å². The fraction of sp³-hybridized carbons (Fsp3) is 0.357. The number of aliphatic hydroxyl groups excluding tert-OH is 1. The van der Waals surface area contributed by atoms with Crippen molar-refractivity contribution in [2.75, 3.05) is 13.2 Å². The molecule has 1 aromatic heterocycles. The van der Waals surface area contributed by atoms with Crippen LogP contribution in [0.3, 0.4) is 0 Å². The third-order valence-electron chi connectivity index (χ3n) is 3.65. The number of hydrogen-bond donors (Lipinski definition) is 2. The van der Waals surface area contributed by atoms with Crippen molar-refractivity contribution >= 4 is 16.8 Å². The number of amides is 1. The summed E-state index contributed by atoms with van der Waals surface area (Å²) in [7, 11) is 0. The zero-order chi connectivity index (χ0) is 12.5. The average molecular weight is 244 g/mol. The summed E-state index contributed by atoms with van der Waals surface area (Å²) in [4.78, 5) is 17.3. The van der Waals surface area contributed by atoms with Crippen LogP contribution in [-0.2, 0) is 0 Å². The third kappa shape index (κ3) is 1.78. The molecule has 2 heterocycles. The first-order valence-corrected chi connectivity index (χ1v) is 6.28. The van der Waals surface area contributed by atoms with Crippen LogP contribution in [0.1, 0.15) is 23.2 Å². The second-order valence-corrected chi connectivity index (χ2v) is 4.76. The molecule has 1 atom stereocenters. The first-order valence-electron chi connectivity index (χ1n) is 6.28. The summed E-state index contributed by atoms with van der Waals surface area (Å²) in [5, 5.41) is 10.4. The number of carbonyl (C=O) groups excluding carboxylic acids is 1. The van der Waals surface area contributed by atoms with Crippen LogP contribution in [0.15, 0.2) is 30.5 Å². The molecular weight excluding hydrogens is 228 g/mol. The number of hydrogen-bond acceptors (Lipinski definition) is 2. The summed E-state index contributed by atoms with van der Waals surface area (Å²) >= 11 is 0. The number of nitrogens with one attached hydrogen (secondary N) is 1. The van der Waals surface area contributed by atoms with E-state index in [0.717, 1.165) is 30.3 Å². The lowest BCUT2D eigenvalue weighted by atomic mass is 10.1. The largest absolute Gasteiger partial charge is 0.394 e. The molecule has 2 aromatic rings. The van der Waals surface area contributed by atoms with Gasteiger partial charge >= 0.3 is 0 Å². The van der Waals surface area contributed by atoms with Crippen molar-refractivity contribution in [1.29, 1.82) is 0 Å². The molecule has 0 radical (unpaired) electrons. The van der Waals surface area contributed by atoms with E-state index in [-0.39, 0.29) is 18.6 Å². The smallest absolute Gasteiger partial charge is 0.254 e. The predicted octanol–water partition coefficient (Wildman–Crippen LogP) is 1.76. The molecule has 3 rings (SSSR count). The van der Waals surface area contributed by atoms with Gasteiger partial charge < -0.3 is 15.0 Å². The third-order valence-corrected chi connectivity index (χ3v) is 3.65. The van der Waals surface area contributed by atoms with Gasteiger partial charge in [-0.3, -0.25) is 4.79 Å². The highest BCUT2D eigenvalue weighted by Gasteiger charge is 2.28. The second-order valence-electron chi connectivity index (χ2n) is 4.76. The predicted molar refractivity (Wildman–Crippen MR) is 69.4 cm³/mol. The Balaban J connectivity index is 1.91. The van der Waals surface area contributed by atoms with Gasteiger partial charge in [0.15, 0.2) is 0 Å².